The molecular formula is C16H27N3O. The van der Waals surface area contributed by atoms with E-state index in [-0.39, 0.29) is 6.10 Å². The Morgan fingerprint density at radius 3 is 2.40 bits per heavy atom. The molecule has 0 spiro atoms. The molecular weight excluding hydrogens is 250 g/mol. The van der Waals surface area contributed by atoms with Crippen LogP contribution in [-0.2, 0) is 0 Å². The molecule has 1 heterocycles. The van der Waals surface area contributed by atoms with E-state index in [4.69, 9.17) is 4.74 Å². The second-order valence-corrected chi connectivity index (χ2v) is 5.64. The summed E-state index contributed by atoms with van der Waals surface area (Å²) in [5.41, 5.74) is 1.11. The topological polar surface area (TPSA) is 27.7 Å². The lowest BCUT2D eigenvalue weighted by Crippen LogP contribution is -2.45. The maximum Gasteiger partial charge on any atom is 0.119 e. The van der Waals surface area contributed by atoms with Gasteiger partial charge in [0.15, 0.2) is 0 Å². The first-order chi connectivity index (χ1) is 9.67. The maximum absolute atomic E-state index is 5.96. The fourth-order valence-electron chi connectivity index (χ4n) is 2.43. The van der Waals surface area contributed by atoms with Crippen molar-refractivity contribution in [2.45, 2.75) is 19.4 Å². The van der Waals surface area contributed by atoms with E-state index in [2.05, 4.69) is 29.1 Å². The Hall–Kier alpha value is -1.26. The summed E-state index contributed by atoms with van der Waals surface area (Å²) in [6.45, 7) is 8.01. The molecule has 1 N–H and O–H groups in total. The molecule has 1 aliphatic heterocycles. The third-order valence-corrected chi connectivity index (χ3v) is 3.93. The van der Waals surface area contributed by atoms with Crippen LogP contribution in [0.4, 0.5) is 5.69 Å². The van der Waals surface area contributed by atoms with Crippen LogP contribution >= 0.6 is 0 Å². The summed E-state index contributed by atoms with van der Waals surface area (Å²) >= 11 is 0. The van der Waals surface area contributed by atoms with Crippen LogP contribution in [-0.4, -0.2) is 62.7 Å². The van der Waals surface area contributed by atoms with Gasteiger partial charge in [0.05, 0.1) is 6.10 Å². The first-order valence-corrected chi connectivity index (χ1v) is 7.53. The van der Waals surface area contributed by atoms with E-state index in [0.29, 0.717) is 0 Å². The number of likely N-dealkylation sites (N-methyl/N-ethyl adjacent to an activating group) is 1. The van der Waals surface area contributed by atoms with Gasteiger partial charge >= 0.3 is 0 Å². The second kappa shape index (κ2) is 7.50. The van der Waals surface area contributed by atoms with E-state index >= 15 is 0 Å². The van der Waals surface area contributed by atoms with Gasteiger partial charge in [0, 0.05) is 45.5 Å². The molecule has 20 heavy (non-hydrogen) atoms. The highest BCUT2D eigenvalue weighted by atomic mass is 16.5. The van der Waals surface area contributed by atoms with Gasteiger partial charge in [0.2, 0.25) is 0 Å². The standard InChI is InChI=1S/C16H27N3O/c1-14(8-9-19-12-10-18(3)11-13-19)20-16-6-4-15(17-2)5-7-16/h4-7,14,17H,8-13H2,1-3H3. The van der Waals surface area contributed by atoms with E-state index in [1.165, 1.54) is 26.2 Å². The van der Waals surface area contributed by atoms with Crippen molar-refractivity contribution in [3.8, 4) is 5.75 Å². The third kappa shape index (κ3) is 4.69. The minimum absolute atomic E-state index is 0.259. The number of anilines is 1. The molecule has 1 aliphatic rings. The van der Waals surface area contributed by atoms with Crippen molar-refractivity contribution in [3.63, 3.8) is 0 Å². The lowest BCUT2D eigenvalue weighted by Gasteiger charge is -2.32. The van der Waals surface area contributed by atoms with Crippen molar-refractivity contribution < 1.29 is 4.74 Å². The van der Waals surface area contributed by atoms with Gasteiger partial charge in [-0.1, -0.05) is 0 Å². The Kier molecular flexibility index (Phi) is 5.68. The van der Waals surface area contributed by atoms with Gasteiger partial charge in [0.25, 0.3) is 0 Å². The van der Waals surface area contributed by atoms with Crippen LogP contribution in [0, 0.1) is 0 Å². The number of benzene rings is 1. The molecule has 1 aromatic carbocycles. The van der Waals surface area contributed by atoms with Crippen molar-refractivity contribution in [3.05, 3.63) is 24.3 Å². The van der Waals surface area contributed by atoms with Gasteiger partial charge in [-0.25, -0.2) is 0 Å². The number of nitrogens with zero attached hydrogens (tertiary/aromatic N) is 2. The molecule has 4 nitrogen and oxygen atoms in total. The van der Waals surface area contributed by atoms with Crippen molar-refractivity contribution in [1.82, 2.24) is 9.80 Å². The predicted molar refractivity (Wildman–Crippen MR) is 84.6 cm³/mol. The van der Waals surface area contributed by atoms with Gasteiger partial charge in [-0.15, -0.1) is 0 Å². The molecule has 1 saturated heterocycles. The summed E-state index contributed by atoms with van der Waals surface area (Å²) in [6.07, 6.45) is 1.34. The fourth-order valence-corrected chi connectivity index (χ4v) is 2.43. The highest BCUT2D eigenvalue weighted by Gasteiger charge is 2.14. The van der Waals surface area contributed by atoms with Gasteiger partial charge in [-0.2, -0.15) is 0 Å². The fraction of sp³-hybridized carbons (Fsp3) is 0.625. The minimum atomic E-state index is 0.259. The summed E-state index contributed by atoms with van der Waals surface area (Å²) in [5, 5.41) is 3.11. The summed E-state index contributed by atoms with van der Waals surface area (Å²) in [5.74, 6) is 0.954. The van der Waals surface area contributed by atoms with Crippen molar-refractivity contribution in [1.29, 1.82) is 0 Å². The molecule has 0 radical (unpaired) electrons. The molecule has 1 aromatic rings. The van der Waals surface area contributed by atoms with E-state index in [0.717, 1.165) is 24.4 Å². The van der Waals surface area contributed by atoms with Crippen LogP contribution in [0.15, 0.2) is 24.3 Å². The lowest BCUT2D eigenvalue weighted by atomic mass is 10.2. The molecule has 0 saturated carbocycles. The van der Waals surface area contributed by atoms with Crippen LogP contribution in [0.5, 0.6) is 5.75 Å². The largest absolute Gasteiger partial charge is 0.491 e. The number of hydrogen-bond acceptors (Lipinski definition) is 4. The van der Waals surface area contributed by atoms with Crippen LogP contribution < -0.4 is 10.1 Å². The van der Waals surface area contributed by atoms with Gasteiger partial charge in [0.1, 0.15) is 5.75 Å². The average Bonchev–Trinajstić information content (AvgIpc) is 2.47. The lowest BCUT2D eigenvalue weighted by molar-refractivity contribution is 0.129. The first-order valence-electron chi connectivity index (χ1n) is 7.53. The van der Waals surface area contributed by atoms with Gasteiger partial charge in [-0.05, 0) is 44.7 Å². The van der Waals surface area contributed by atoms with E-state index in [9.17, 15) is 0 Å². The highest BCUT2D eigenvalue weighted by Crippen LogP contribution is 2.17. The van der Waals surface area contributed by atoms with Crippen LogP contribution in [0.3, 0.4) is 0 Å². The second-order valence-electron chi connectivity index (χ2n) is 5.64. The molecule has 0 bridgehead atoms. The number of nitrogens with one attached hydrogen (secondary N) is 1. The zero-order valence-corrected chi connectivity index (χ0v) is 12.9. The number of rotatable bonds is 6. The monoisotopic (exact) mass is 277 g/mol. The molecule has 1 atom stereocenters. The Morgan fingerprint density at radius 2 is 1.80 bits per heavy atom. The minimum Gasteiger partial charge on any atom is -0.491 e. The SMILES string of the molecule is CNc1ccc(OC(C)CCN2CCN(C)CC2)cc1. The average molecular weight is 277 g/mol. The highest BCUT2D eigenvalue weighted by molar-refractivity contribution is 5.45. The molecule has 112 valence electrons. The van der Waals surface area contributed by atoms with Crippen molar-refractivity contribution in [2.75, 3.05) is 52.1 Å². The summed E-state index contributed by atoms with van der Waals surface area (Å²) < 4.78 is 5.96. The number of ether oxygens (including phenoxy) is 1. The Labute approximate surface area is 122 Å². The van der Waals surface area contributed by atoms with Gasteiger partial charge in [-0.3, -0.25) is 0 Å². The number of piperazine rings is 1. The summed E-state index contributed by atoms with van der Waals surface area (Å²) in [7, 11) is 4.12. The van der Waals surface area contributed by atoms with Crippen LogP contribution in [0.2, 0.25) is 0 Å². The molecule has 1 unspecified atom stereocenters. The smallest absolute Gasteiger partial charge is 0.119 e. The summed E-state index contributed by atoms with van der Waals surface area (Å²) in [6, 6.07) is 8.14. The Morgan fingerprint density at radius 1 is 1.15 bits per heavy atom. The molecule has 0 amide bonds. The van der Waals surface area contributed by atoms with E-state index in [1.54, 1.807) is 0 Å². The Bertz CT molecular complexity index is 385. The molecule has 0 aromatic heterocycles. The number of hydrogen-bond donors (Lipinski definition) is 1. The molecule has 2 rings (SSSR count). The van der Waals surface area contributed by atoms with Gasteiger partial charge < -0.3 is 19.9 Å². The first kappa shape index (κ1) is 15.1. The third-order valence-electron chi connectivity index (χ3n) is 3.93. The molecule has 4 heteroatoms. The normalized spacial score (nSPS) is 18.8. The van der Waals surface area contributed by atoms with E-state index < -0.39 is 0 Å². The van der Waals surface area contributed by atoms with E-state index in [1.807, 2.05) is 31.3 Å². The maximum atomic E-state index is 5.96. The zero-order valence-electron chi connectivity index (χ0n) is 12.9. The van der Waals surface area contributed by atoms with Crippen molar-refractivity contribution >= 4 is 5.69 Å². The van der Waals surface area contributed by atoms with Crippen LogP contribution in [0.25, 0.3) is 0 Å². The van der Waals surface area contributed by atoms with Crippen molar-refractivity contribution in [2.24, 2.45) is 0 Å². The molecule has 0 aliphatic carbocycles. The van der Waals surface area contributed by atoms with Crippen LogP contribution in [0.1, 0.15) is 13.3 Å². The quantitative estimate of drug-likeness (QED) is 0.862. The molecule has 1 fully saturated rings. The summed E-state index contributed by atoms with van der Waals surface area (Å²) in [4.78, 5) is 4.92. The Balaban J connectivity index is 1.70. The zero-order chi connectivity index (χ0) is 14.4. The predicted octanol–water partition coefficient (Wildman–Crippen LogP) is 2.13.